The van der Waals surface area contributed by atoms with Crippen LogP contribution in [0.3, 0.4) is 0 Å². The number of carbonyl (C=O) groups excluding carboxylic acids is 1. The molecule has 1 heterocycles. The molecule has 3 aromatic rings. The van der Waals surface area contributed by atoms with E-state index < -0.39 is 31.9 Å². The normalized spacial score (nSPS) is 17.8. The Kier molecular flexibility index (Phi) is 5.66. The van der Waals surface area contributed by atoms with Gasteiger partial charge in [-0.2, -0.15) is 0 Å². The van der Waals surface area contributed by atoms with Crippen molar-refractivity contribution < 1.29 is 26.4 Å². The van der Waals surface area contributed by atoms with Crippen LogP contribution in [0.2, 0.25) is 0 Å². The van der Waals surface area contributed by atoms with Crippen molar-refractivity contribution in [3.05, 3.63) is 78.9 Å². The van der Waals surface area contributed by atoms with Crippen LogP contribution >= 0.6 is 0 Å². The molecule has 8 nitrogen and oxygen atoms in total. The zero-order valence-corrected chi connectivity index (χ0v) is 18.6. The molecule has 32 heavy (non-hydrogen) atoms. The molecule has 1 saturated heterocycles. The first kappa shape index (κ1) is 21.8. The Balaban J connectivity index is 1.59. The van der Waals surface area contributed by atoms with Crippen LogP contribution in [0.4, 0.5) is 11.4 Å². The lowest BCUT2D eigenvalue weighted by Gasteiger charge is -2.16. The summed E-state index contributed by atoms with van der Waals surface area (Å²) < 4.78 is 59.3. The van der Waals surface area contributed by atoms with E-state index in [2.05, 4.69) is 4.72 Å². The molecule has 0 bridgehead atoms. The fourth-order valence-electron chi connectivity index (χ4n) is 3.31. The van der Waals surface area contributed by atoms with Gasteiger partial charge >= 0.3 is 0 Å². The first-order chi connectivity index (χ1) is 15.2. The van der Waals surface area contributed by atoms with Gasteiger partial charge in [0.1, 0.15) is 5.75 Å². The van der Waals surface area contributed by atoms with Crippen LogP contribution in [0.1, 0.15) is 6.92 Å². The third kappa shape index (κ3) is 4.32. The summed E-state index contributed by atoms with van der Waals surface area (Å²) in [6.07, 6.45) is 0. The molecule has 0 aliphatic carbocycles. The second kappa shape index (κ2) is 8.29. The third-order valence-electron chi connectivity index (χ3n) is 4.84. The van der Waals surface area contributed by atoms with E-state index in [9.17, 15) is 21.6 Å². The molecule has 1 aliphatic rings. The lowest BCUT2D eigenvalue weighted by atomic mass is 10.2. The van der Waals surface area contributed by atoms with Crippen molar-refractivity contribution in [3.63, 3.8) is 0 Å². The minimum Gasteiger partial charge on any atom is -0.455 e. The zero-order chi connectivity index (χ0) is 22.9. The van der Waals surface area contributed by atoms with Gasteiger partial charge in [0.25, 0.3) is 10.0 Å². The lowest BCUT2D eigenvalue weighted by molar-refractivity contribution is -0.119. The highest BCUT2D eigenvalue weighted by molar-refractivity contribution is 7.94. The average molecular weight is 473 g/mol. The third-order valence-corrected chi connectivity index (χ3v) is 8.09. The van der Waals surface area contributed by atoms with Crippen molar-refractivity contribution in [2.75, 3.05) is 14.8 Å². The molecular weight excluding hydrogens is 452 g/mol. The summed E-state index contributed by atoms with van der Waals surface area (Å²) in [6, 6.07) is 20.6. The number of benzene rings is 3. The first-order valence-corrected chi connectivity index (χ1v) is 12.8. The molecule has 1 aliphatic heterocycles. The van der Waals surface area contributed by atoms with E-state index in [1.807, 2.05) is 6.07 Å². The van der Waals surface area contributed by atoms with Crippen LogP contribution in [0.5, 0.6) is 11.5 Å². The van der Waals surface area contributed by atoms with Gasteiger partial charge in [-0.1, -0.05) is 37.3 Å². The summed E-state index contributed by atoms with van der Waals surface area (Å²) in [7, 11) is -7.77. The minimum absolute atomic E-state index is 0.0899. The number of ether oxygens (including phenoxy) is 1. The standard InChI is InChI=1S/C22H20N2O6S2/c1-16-15-31(26,27)24(22(16)25)17-11-13-19(14-12-17)32(28,29)23-20-9-5-6-10-21(20)30-18-7-3-2-4-8-18/h2-14,16,23H,15H2,1H3. The number of anilines is 2. The molecule has 0 radical (unpaired) electrons. The monoisotopic (exact) mass is 472 g/mol. The summed E-state index contributed by atoms with van der Waals surface area (Å²) in [5.41, 5.74) is 0.345. The molecule has 10 heteroatoms. The van der Waals surface area contributed by atoms with Crippen molar-refractivity contribution in [3.8, 4) is 11.5 Å². The minimum atomic E-state index is -4.00. The van der Waals surface area contributed by atoms with Gasteiger partial charge < -0.3 is 4.74 Å². The highest BCUT2D eigenvalue weighted by Crippen LogP contribution is 2.32. The lowest BCUT2D eigenvalue weighted by Crippen LogP contribution is -2.30. The van der Waals surface area contributed by atoms with Crippen molar-refractivity contribution in [1.82, 2.24) is 0 Å². The van der Waals surface area contributed by atoms with Crippen LogP contribution < -0.4 is 13.8 Å². The average Bonchev–Trinajstić information content (AvgIpc) is 2.96. The van der Waals surface area contributed by atoms with E-state index in [-0.39, 0.29) is 22.0 Å². The highest BCUT2D eigenvalue weighted by Gasteiger charge is 2.42. The Morgan fingerprint density at radius 3 is 2.19 bits per heavy atom. The number of hydrogen-bond acceptors (Lipinski definition) is 6. The SMILES string of the molecule is CC1CS(=O)(=O)N(c2ccc(S(=O)(=O)Nc3ccccc3Oc3ccccc3)cc2)C1=O. The predicted octanol–water partition coefficient (Wildman–Crippen LogP) is 3.59. The summed E-state index contributed by atoms with van der Waals surface area (Å²) in [6.45, 7) is 1.54. The molecule has 3 aromatic carbocycles. The summed E-state index contributed by atoms with van der Waals surface area (Å²) >= 11 is 0. The topological polar surface area (TPSA) is 110 Å². The molecule has 1 atom stereocenters. The second-order valence-corrected chi connectivity index (χ2v) is 10.8. The Labute approximate surface area is 186 Å². The number of carbonyl (C=O) groups is 1. The van der Waals surface area contributed by atoms with E-state index in [1.165, 1.54) is 31.2 Å². The predicted molar refractivity (Wildman–Crippen MR) is 121 cm³/mol. The van der Waals surface area contributed by atoms with Gasteiger partial charge in [-0.15, -0.1) is 0 Å². The van der Waals surface area contributed by atoms with Crippen molar-refractivity contribution in [1.29, 1.82) is 0 Å². The molecule has 1 fully saturated rings. The van der Waals surface area contributed by atoms with Crippen molar-refractivity contribution >= 4 is 37.3 Å². The van der Waals surface area contributed by atoms with Crippen molar-refractivity contribution in [2.45, 2.75) is 11.8 Å². The number of rotatable bonds is 6. The van der Waals surface area contributed by atoms with E-state index in [0.29, 0.717) is 11.5 Å². The van der Waals surface area contributed by atoms with Gasteiger partial charge in [0, 0.05) is 0 Å². The van der Waals surface area contributed by atoms with Gasteiger partial charge in [0.2, 0.25) is 15.9 Å². The number of amides is 1. The number of para-hydroxylation sites is 3. The number of hydrogen-bond donors (Lipinski definition) is 1. The summed E-state index contributed by atoms with van der Waals surface area (Å²) in [5.74, 6) is -0.584. The molecule has 0 spiro atoms. The van der Waals surface area contributed by atoms with Crippen LogP contribution in [0, 0.1) is 5.92 Å². The molecule has 1 amide bonds. The molecular formula is C22H20N2O6S2. The maximum Gasteiger partial charge on any atom is 0.262 e. The molecule has 1 N–H and O–H groups in total. The van der Waals surface area contributed by atoms with E-state index >= 15 is 0 Å². The van der Waals surface area contributed by atoms with Crippen molar-refractivity contribution in [2.24, 2.45) is 5.92 Å². The highest BCUT2D eigenvalue weighted by atomic mass is 32.2. The number of sulfonamides is 2. The largest absolute Gasteiger partial charge is 0.455 e. The van der Waals surface area contributed by atoms with Crippen LogP contribution in [0.15, 0.2) is 83.8 Å². The van der Waals surface area contributed by atoms with Gasteiger partial charge in [-0.3, -0.25) is 9.52 Å². The van der Waals surface area contributed by atoms with Gasteiger partial charge in [0.15, 0.2) is 5.75 Å². The quantitative estimate of drug-likeness (QED) is 0.587. The fraction of sp³-hybridized carbons (Fsp3) is 0.136. The molecule has 1 unspecified atom stereocenters. The number of nitrogens with one attached hydrogen (secondary N) is 1. The maximum absolute atomic E-state index is 12.9. The van der Waals surface area contributed by atoms with Crippen LogP contribution in [-0.2, 0) is 24.8 Å². The van der Waals surface area contributed by atoms with Crippen LogP contribution in [0.25, 0.3) is 0 Å². The van der Waals surface area contributed by atoms with Gasteiger partial charge in [0.05, 0.1) is 27.9 Å². The smallest absolute Gasteiger partial charge is 0.262 e. The van der Waals surface area contributed by atoms with Gasteiger partial charge in [-0.05, 0) is 48.5 Å². The van der Waals surface area contributed by atoms with E-state index in [1.54, 1.807) is 48.5 Å². The molecule has 0 aromatic heterocycles. The van der Waals surface area contributed by atoms with Crippen LogP contribution in [-0.4, -0.2) is 28.5 Å². The van der Waals surface area contributed by atoms with E-state index in [4.69, 9.17) is 4.74 Å². The Morgan fingerprint density at radius 1 is 0.938 bits per heavy atom. The first-order valence-electron chi connectivity index (χ1n) is 9.69. The fourth-order valence-corrected chi connectivity index (χ4v) is 6.20. The summed E-state index contributed by atoms with van der Waals surface area (Å²) in [4.78, 5) is 12.1. The molecule has 166 valence electrons. The summed E-state index contributed by atoms with van der Waals surface area (Å²) in [5, 5.41) is 0. The molecule has 4 rings (SSSR count). The Hall–Kier alpha value is -3.37. The molecule has 0 saturated carbocycles. The maximum atomic E-state index is 12.9. The Morgan fingerprint density at radius 2 is 1.56 bits per heavy atom. The zero-order valence-electron chi connectivity index (χ0n) is 17.0. The van der Waals surface area contributed by atoms with Gasteiger partial charge in [-0.25, -0.2) is 21.1 Å². The van der Waals surface area contributed by atoms with E-state index in [0.717, 1.165) is 4.31 Å². The Bertz CT molecular complexity index is 1360. The number of nitrogens with zero attached hydrogens (tertiary/aromatic N) is 1. The second-order valence-electron chi connectivity index (χ2n) is 7.29.